The van der Waals surface area contributed by atoms with Crippen LogP contribution in [0, 0.1) is 6.92 Å². The zero-order chi connectivity index (χ0) is 15.8. The maximum absolute atomic E-state index is 5.97. The molecule has 116 valence electrons. The number of thioether (sulfide) groups is 1. The molecule has 6 nitrogen and oxygen atoms in total. The summed E-state index contributed by atoms with van der Waals surface area (Å²) in [6, 6.07) is 5.50. The minimum absolute atomic E-state index is 0.459. The first-order valence-corrected chi connectivity index (χ1v) is 8.19. The summed E-state index contributed by atoms with van der Waals surface area (Å²) in [6.45, 7) is 1.86. The zero-order valence-corrected chi connectivity index (χ0v) is 13.6. The van der Waals surface area contributed by atoms with E-state index in [1.165, 1.54) is 11.8 Å². The van der Waals surface area contributed by atoms with Gasteiger partial charge in [0.25, 0.3) is 11.1 Å². The van der Waals surface area contributed by atoms with E-state index in [4.69, 9.17) is 20.4 Å². The largest absolute Gasteiger partial charge is 0.469 e. The molecule has 0 unspecified atom stereocenters. The molecule has 0 atom stereocenters. The molecule has 23 heavy (non-hydrogen) atoms. The van der Waals surface area contributed by atoms with Crippen LogP contribution >= 0.6 is 23.4 Å². The number of aromatic nitrogens is 4. The van der Waals surface area contributed by atoms with E-state index < -0.39 is 0 Å². The average molecular weight is 347 g/mol. The van der Waals surface area contributed by atoms with Crippen molar-refractivity contribution in [1.82, 2.24) is 19.6 Å². The molecule has 4 heterocycles. The minimum Gasteiger partial charge on any atom is -0.469 e. The monoisotopic (exact) mass is 346 g/mol. The molecular weight excluding hydrogens is 336 g/mol. The Bertz CT molecular complexity index is 975. The van der Waals surface area contributed by atoms with E-state index in [0.29, 0.717) is 21.9 Å². The molecule has 0 aliphatic rings. The van der Waals surface area contributed by atoms with Crippen LogP contribution in [0.1, 0.15) is 11.5 Å². The number of furan rings is 1. The predicted octanol–water partition coefficient (Wildman–Crippen LogP) is 4.23. The van der Waals surface area contributed by atoms with E-state index in [1.54, 1.807) is 6.26 Å². The molecule has 0 N–H and O–H groups in total. The van der Waals surface area contributed by atoms with Crippen molar-refractivity contribution in [2.24, 2.45) is 0 Å². The normalized spacial score (nSPS) is 11.4. The van der Waals surface area contributed by atoms with Crippen LogP contribution in [0.5, 0.6) is 0 Å². The van der Waals surface area contributed by atoms with E-state index in [2.05, 4.69) is 15.2 Å². The van der Waals surface area contributed by atoms with Crippen LogP contribution in [0.3, 0.4) is 0 Å². The van der Waals surface area contributed by atoms with Crippen LogP contribution in [0.4, 0.5) is 0 Å². The molecule has 0 aliphatic carbocycles. The number of halogens is 1. The molecule has 0 fully saturated rings. The Kier molecular flexibility index (Phi) is 3.59. The molecule has 0 radical (unpaired) electrons. The number of aryl methyl sites for hydroxylation is 1. The van der Waals surface area contributed by atoms with Crippen molar-refractivity contribution in [1.29, 1.82) is 0 Å². The van der Waals surface area contributed by atoms with Crippen LogP contribution in [0.25, 0.3) is 17.1 Å². The van der Waals surface area contributed by atoms with Gasteiger partial charge in [-0.15, -0.1) is 10.2 Å². The van der Waals surface area contributed by atoms with Gasteiger partial charge in [-0.05, 0) is 25.1 Å². The van der Waals surface area contributed by atoms with Crippen LogP contribution in [0.15, 0.2) is 50.9 Å². The number of hydrogen-bond acceptors (Lipinski definition) is 6. The second-order valence-corrected chi connectivity index (χ2v) is 6.26. The molecule has 0 saturated carbocycles. The van der Waals surface area contributed by atoms with Crippen LogP contribution in [-0.4, -0.2) is 19.6 Å². The summed E-state index contributed by atoms with van der Waals surface area (Å²) < 4.78 is 12.8. The SMILES string of the molecule is Cc1occc1-c1nnc(SCc2cn3cc(Cl)ccc3n2)o1. The van der Waals surface area contributed by atoms with Crippen LogP contribution in [-0.2, 0) is 5.75 Å². The Morgan fingerprint density at radius 1 is 1.22 bits per heavy atom. The predicted molar refractivity (Wildman–Crippen MR) is 86.5 cm³/mol. The summed E-state index contributed by atoms with van der Waals surface area (Å²) in [5.74, 6) is 1.84. The Labute approximate surface area is 140 Å². The zero-order valence-electron chi connectivity index (χ0n) is 12.1. The fraction of sp³-hybridized carbons (Fsp3) is 0.133. The van der Waals surface area contributed by atoms with E-state index in [9.17, 15) is 0 Å². The summed E-state index contributed by atoms with van der Waals surface area (Å²) in [4.78, 5) is 4.52. The number of nitrogens with zero attached hydrogens (tertiary/aromatic N) is 4. The van der Waals surface area contributed by atoms with Crippen LogP contribution < -0.4 is 0 Å². The first-order chi connectivity index (χ1) is 11.2. The van der Waals surface area contributed by atoms with Gasteiger partial charge in [0.2, 0.25) is 0 Å². The number of hydrogen-bond donors (Lipinski definition) is 0. The van der Waals surface area contributed by atoms with Crippen molar-refractivity contribution in [3.05, 3.63) is 53.3 Å². The molecule has 0 saturated heterocycles. The van der Waals surface area contributed by atoms with Gasteiger partial charge in [0.05, 0.1) is 22.5 Å². The third-order valence-electron chi connectivity index (χ3n) is 3.30. The molecular formula is C15H11ClN4O2S. The maximum Gasteiger partial charge on any atom is 0.277 e. The molecule has 4 aromatic rings. The highest BCUT2D eigenvalue weighted by Crippen LogP contribution is 2.27. The summed E-state index contributed by atoms with van der Waals surface area (Å²) >= 11 is 7.41. The Balaban J connectivity index is 1.50. The second kappa shape index (κ2) is 5.75. The standard InChI is InChI=1S/C15H11ClN4O2S/c1-9-12(4-5-21-9)14-18-19-15(22-14)23-8-11-7-20-6-10(16)2-3-13(20)17-11/h2-7H,8H2,1H3. The first-order valence-electron chi connectivity index (χ1n) is 6.83. The van der Waals surface area contributed by atoms with Gasteiger partial charge in [-0.2, -0.15) is 0 Å². The van der Waals surface area contributed by atoms with Gasteiger partial charge in [0.1, 0.15) is 11.4 Å². The minimum atomic E-state index is 0.459. The van der Waals surface area contributed by atoms with Gasteiger partial charge < -0.3 is 13.2 Å². The molecule has 4 rings (SSSR count). The van der Waals surface area contributed by atoms with Crippen molar-refractivity contribution in [3.8, 4) is 11.5 Å². The molecule has 0 aliphatic heterocycles. The van der Waals surface area contributed by atoms with Gasteiger partial charge in [-0.1, -0.05) is 23.4 Å². The van der Waals surface area contributed by atoms with Gasteiger partial charge in [0.15, 0.2) is 0 Å². The topological polar surface area (TPSA) is 69.4 Å². The molecule has 0 amide bonds. The molecule has 4 aromatic heterocycles. The average Bonchev–Trinajstić information content (AvgIpc) is 3.23. The van der Waals surface area contributed by atoms with E-state index >= 15 is 0 Å². The van der Waals surface area contributed by atoms with Crippen molar-refractivity contribution in [3.63, 3.8) is 0 Å². The highest BCUT2D eigenvalue weighted by molar-refractivity contribution is 7.98. The summed E-state index contributed by atoms with van der Waals surface area (Å²) in [5.41, 5.74) is 2.58. The summed E-state index contributed by atoms with van der Waals surface area (Å²) in [7, 11) is 0. The third kappa shape index (κ3) is 2.85. The lowest BCUT2D eigenvalue weighted by Gasteiger charge is -1.92. The smallest absolute Gasteiger partial charge is 0.277 e. The van der Waals surface area contributed by atoms with Crippen molar-refractivity contribution in [2.45, 2.75) is 17.9 Å². The summed E-state index contributed by atoms with van der Waals surface area (Å²) in [5, 5.41) is 9.26. The van der Waals surface area contributed by atoms with Crippen LogP contribution in [0.2, 0.25) is 5.02 Å². The molecule has 0 bridgehead atoms. The quantitative estimate of drug-likeness (QED) is 0.515. The highest BCUT2D eigenvalue weighted by atomic mass is 35.5. The van der Waals surface area contributed by atoms with Crippen molar-refractivity contribution >= 4 is 29.0 Å². The number of rotatable bonds is 4. The Morgan fingerprint density at radius 3 is 2.96 bits per heavy atom. The highest BCUT2D eigenvalue weighted by Gasteiger charge is 2.13. The first kappa shape index (κ1) is 14.3. The van der Waals surface area contributed by atoms with Crippen molar-refractivity contribution in [2.75, 3.05) is 0 Å². The Hall–Kier alpha value is -2.25. The van der Waals surface area contributed by atoms with E-state index in [1.807, 2.05) is 41.9 Å². The fourth-order valence-corrected chi connectivity index (χ4v) is 3.02. The Morgan fingerprint density at radius 2 is 2.13 bits per heavy atom. The van der Waals surface area contributed by atoms with E-state index in [-0.39, 0.29) is 0 Å². The second-order valence-electron chi connectivity index (χ2n) is 4.90. The number of imidazole rings is 1. The van der Waals surface area contributed by atoms with Gasteiger partial charge in [-0.25, -0.2) is 4.98 Å². The summed E-state index contributed by atoms with van der Waals surface area (Å²) in [6.07, 6.45) is 5.36. The fourth-order valence-electron chi connectivity index (χ4n) is 2.21. The number of fused-ring (bicyclic) bond motifs is 1. The van der Waals surface area contributed by atoms with E-state index in [0.717, 1.165) is 22.7 Å². The molecule has 8 heteroatoms. The number of pyridine rings is 1. The lowest BCUT2D eigenvalue weighted by Crippen LogP contribution is -1.79. The third-order valence-corrected chi connectivity index (χ3v) is 4.38. The molecule has 0 aromatic carbocycles. The van der Waals surface area contributed by atoms with Crippen molar-refractivity contribution < 1.29 is 8.83 Å². The molecule has 0 spiro atoms. The maximum atomic E-state index is 5.97. The lowest BCUT2D eigenvalue weighted by atomic mass is 10.3. The van der Waals surface area contributed by atoms with Gasteiger partial charge >= 0.3 is 0 Å². The lowest BCUT2D eigenvalue weighted by molar-refractivity contribution is 0.463. The van der Waals surface area contributed by atoms with Gasteiger partial charge in [0, 0.05) is 18.1 Å². The van der Waals surface area contributed by atoms with Gasteiger partial charge in [-0.3, -0.25) is 0 Å².